The molecule has 0 rings (SSSR count). The Morgan fingerprint density at radius 3 is 2.40 bits per heavy atom. The first-order valence-corrected chi connectivity index (χ1v) is 7.17. The summed E-state index contributed by atoms with van der Waals surface area (Å²) in [6.45, 7) is 3.61. The van der Waals surface area contributed by atoms with Crippen molar-refractivity contribution in [2.24, 2.45) is 0 Å². The minimum atomic E-state index is -2.90. The van der Waals surface area contributed by atoms with Crippen molar-refractivity contribution in [3.8, 4) is 0 Å². The zero-order valence-corrected chi connectivity index (χ0v) is 10.2. The average molecular weight is 236 g/mol. The Balaban J connectivity index is 3.35. The molecule has 0 aromatic heterocycles. The summed E-state index contributed by atoms with van der Waals surface area (Å²) in [4.78, 5) is 11.1. The molecule has 0 fully saturated rings. The van der Waals surface area contributed by atoms with Gasteiger partial charge in [-0.2, -0.15) is 0 Å². The maximum absolute atomic E-state index is 11.1. The molecule has 0 aliphatic rings. The van der Waals surface area contributed by atoms with Crippen LogP contribution >= 0.6 is 0 Å². The predicted octanol–water partition coefficient (Wildman–Crippen LogP) is -0.463. The lowest BCUT2D eigenvalue weighted by atomic mass is 10.4. The first-order valence-electron chi connectivity index (χ1n) is 5.11. The second-order valence-electron chi connectivity index (χ2n) is 3.48. The highest BCUT2D eigenvalue weighted by Gasteiger charge is 2.02. The van der Waals surface area contributed by atoms with Crippen molar-refractivity contribution in [3.05, 3.63) is 0 Å². The highest BCUT2D eigenvalue weighted by Crippen LogP contribution is 1.82. The second-order valence-corrected chi connectivity index (χ2v) is 5.74. The highest BCUT2D eigenvalue weighted by atomic mass is 32.2. The first kappa shape index (κ1) is 14.4. The summed E-state index contributed by atoms with van der Waals surface area (Å²) in [6.07, 6.45) is 2.51. The summed E-state index contributed by atoms with van der Waals surface area (Å²) in [5, 5.41) is 5.65. The third-order valence-corrected chi connectivity index (χ3v) is 2.70. The average Bonchev–Trinajstić information content (AvgIpc) is 2.12. The van der Waals surface area contributed by atoms with Gasteiger partial charge in [0.25, 0.3) is 0 Å². The molecule has 5 nitrogen and oxygen atoms in total. The fourth-order valence-corrected chi connectivity index (χ4v) is 1.45. The number of hydrogen-bond donors (Lipinski definition) is 2. The van der Waals surface area contributed by atoms with E-state index < -0.39 is 9.84 Å². The molecular formula is C9H20N2O3S. The lowest BCUT2D eigenvalue weighted by Crippen LogP contribution is -2.30. The van der Waals surface area contributed by atoms with Crippen LogP contribution in [0.15, 0.2) is 0 Å². The monoisotopic (exact) mass is 236 g/mol. The SMILES string of the molecule is CCCNC(=O)CCNCCS(C)(=O)=O. The number of carbonyl (C=O) groups excluding carboxylic acids is 1. The van der Waals surface area contributed by atoms with Crippen molar-refractivity contribution in [3.63, 3.8) is 0 Å². The lowest BCUT2D eigenvalue weighted by molar-refractivity contribution is -0.120. The molecule has 15 heavy (non-hydrogen) atoms. The molecule has 0 aromatic carbocycles. The molecular weight excluding hydrogens is 216 g/mol. The Kier molecular flexibility index (Phi) is 7.33. The maximum atomic E-state index is 11.1. The van der Waals surface area contributed by atoms with Gasteiger partial charge in [0.1, 0.15) is 9.84 Å². The van der Waals surface area contributed by atoms with E-state index in [4.69, 9.17) is 0 Å². The molecule has 0 radical (unpaired) electrons. The maximum Gasteiger partial charge on any atom is 0.221 e. The lowest BCUT2D eigenvalue weighted by Gasteiger charge is -2.04. The fourth-order valence-electron chi connectivity index (χ4n) is 0.937. The van der Waals surface area contributed by atoms with Crippen molar-refractivity contribution in [2.75, 3.05) is 31.6 Å². The summed E-state index contributed by atoms with van der Waals surface area (Å²) >= 11 is 0. The van der Waals surface area contributed by atoms with Crippen LogP contribution in [0.25, 0.3) is 0 Å². The fraction of sp³-hybridized carbons (Fsp3) is 0.889. The molecule has 0 heterocycles. The highest BCUT2D eigenvalue weighted by molar-refractivity contribution is 7.90. The van der Waals surface area contributed by atoms with Crippen LogP contribution in [0.2, 0.25) is 0 Å². The van der Waals surface area contributed by atoms with Crippen LogP contribution < -0.4 is 10.6 Å². The van der Waals surface area contributed by atoms with Crippen LogP contribution in [0.4, 0.5) is 0 Å². The van der Waals surface area contributed by atoms with Crippen LogP contribution in [0.1, 0.15) is 19.8 Å². The summed E-state index contributed by atoms with van der Waals surface area (Å²) in [5.41, 5.74) is 0. The minimum absolute atomic E-state index is 0.00343. The molecule has 0 spiro atoms. The van der Waals surface area contributed by atoms with Gasteiger partial charge in [0.05, 0.1) is 5.75 Å². The number of nitrogens with one attached hydrogen (secondary N) is 2. The van der Waals surface area contributed by atoms with Gasteiger partial charge >= 0.3 is 0 Å². The molecule has 0 saturated heterocycles. The van der Waals surface area contributed by atoms with Gasteiger partial charge in [0, 0.05) is 32.3 Å². The normalized spacial score (nSPS) is 11.3. The summed E-state index contributed by atoms with van der Waals surface area (Å²) < 4.78 is 21.5. The Hall–Kier alpha value is -0.620. The van der Waals surface area contributed by atoms with Crippen molar-refractivity contribution >= 4 is 15.7 Å². The quantitative estimate of drug-likeness (QED) is 0.559. The summed E-state index contributed by atoms with van der Waals surface area (Å²) in [6, 6.07) is 0. The van der Waals surface area contributed by atoms with Gasteiger partial charge in [-0.1, -0.05) is 6.92 Å². The third-order valence-electron chi connectivity index (χ3n) is 1.75. The zero-order chi connectivity index (χ0) is 11.7. The van der Waals surface area contributed by atoms with Gasteiger partial charge in [0.2, 0.25) is 5.91 Å². The van der Waals surface area contributed by atoms with Crippen LogP contribution in [0.3, 0.4) is 0 Å². The zero-order valence-electron chi connectivity index (χ0n) is 9.38. The Morgan fingerprint density at radius 2 is 1.87 bits per heavy atom. The van der Waals surface area contributed by atoms with Gasteiger partial charge in [-0.05, 0) is 6.42 Å². The Bertz CT molecular complexity index is 275. The van der Waals surface area contributed by atoms with E-state index in [1.165, 1.54) is 6.26 Å². The molecule has 0 aromatic rings. The molecule has 6 heteroatoms. The number of carbonyl (C=O) groups is 1. The Morgan fingerprint density at radius 1 is 1.20 bits per heavy atom. The number of sulfone groups is 1. The molecule has 0 unspecified atom stereocenters. The molecule has 2 N–H and O–H groups in total. The van der Waals surface area contributed by atoms with Crippen molar-refractivity contribution in [1.82, 2.24) is 10.6 Å². The standard InChI is InChI=1S/C9H20N2O3S/c1-3-5-11-9(12)4-6-10-7-8-15(2,13)14/h10H,3-8H2,1-2H3,(H,11,12). The van der Waals surface area contributed by atoms with Gasteiger partial charge in [-0.3, -0.25) is 4.79 Å². The summed E-state index contributed by atoms with van der Waals surface area (Å²) in [5.74, 6) is 0.118. The van der Waals surface area contributed by atoms with Crippen LogP contribution in [0, 0.1) is 0 Å². The van der Waals surface area contributed by atoms with E-state index in [9.17, 15) is 13.2 Å². The van der Waals surface area contributed by atoms with Crippen molar-refractivity contribution in [1.29, 1.82) is 0 Å². The number of hydrogen-bond acceptors (Lipinski definition) is 4. The first-order chi connectivity index (χ1) is 6.95. The van der Waals surface area contributed by atoms with Crippen LogP contribution in [-0.4, -0.2) is 46.0 Å². The minimum Gasteiger partial charge on any atom is -0.356 e. The van der Waals surface area contributed by atoms with E-state index >= 15 is 0 Å². The summed E-state index contributed by atoms with van der Waals surface area (Å²) in [7, 11) is -2.90. The predicted molar refractivity (Wildman–Crippen MR) is 60.5 cm³/mol. The van der Waals surface area contributed by atoms with Crippen molar-refractivity contribution in [2.45, 2.75) is 19.8 Å². The van der Waals surface area contributed by atoms with Crippen LogP contribution in [-0.2, 0) is 14.6 Å². The van der Waals surface area contributed by atoms with E-state index in [0.29, 0.717) is 26.1 Å². The van der Waals surface area contributed by atoms with Gasteiger partial charge in [-0.15, -0.1) is 0 Å². The number of rotatable bonds is 8. The molecule has 90 valence electrons. The van der Waals surface area contributed by atoms with E-state index in [1.807, 2.05) is 6.92 Å². The van der Waals surface area contributed by atoms with E-state index in [0.717, 1.165) is 6.42 Å². The molecule has 0 aliphatic carbocycles. The van der Waals surface area contributed by atoms with Gasteiger partial charge in [0.15, 0.2) is 0 Å². The van der Waals surface area contributed by atoms with E-state index in [1.54, 1.807) is 0 Å². The van der Waals surface area contributed by atoms with E-state index in [2.05, 4.69) is 10.6 Å². The smallest absolute Gasteiger partial charge is 0.221 e. The topological polar surface area (TPSA) is 75.3 Å². The van der Waals surface area contributed by atoms with Crippen LogP contribution in [0.5, 0.6) is 0 Å². The second kappa shape index (κ2) is 7.64. The molecule has 1 amide bonds. The number of amides is 1. The molecule has 0 bridgehead atoms. The molecule has 0 saturated carbocycles. The van der Waals surface area contributed by atoms with Gasteiger partial charge in [-0.25, -0.2) is 8.42 Å². The van der Waals surface area contributed by atoms with E-state index in [-0.39, 0.29) is 11.7 Å². The largest absolute Gasteiger partial charge is 0.356 e. The molecule has 0 atom stereocenters. The van der Waals surface area contributed by atoms with Gasteiger partial charge < -0.3 is 10.6 Å². The Labute approximate surface area is 91.5 Å². The van der Waals surface area contributed by atoms with Crippen molar-refractivity contribution < 1.29 is 13.2 Å². The molecule has 0 aliphatic heterocycles. The third kappa shape index (κ3) is 11.3.